The summed E-state index contributed by atoms with van der Waals surface area (Å²) in [6.45, 7) is 0. The summed E-state index contributed by atoms with van der Waals surface area (Å²) in [5.41, 5.74) is 0.497. The lowest BCUT2D eigenvalue weighted by atomic mass is 10.1. The minimum atomic E-state index is -0.369. The van der Waals surface area contributed by atoms with E-state index in [4.69, 9.17) is 4.42 Å². The zero-order valence-electron chi connectivity index (χ0n) is 10.1. The maximum atomic E-state index is 12.7. The Hall–Kier alpha value is -2.43. The molecule has 0 spiro atoms. The van der Waals surface area contributed by atoms with Crippen LogP contribution < -0.4 is 5.32 Å². The Balaban J connectivity index is 1.82. The van der Waals surface area contributed by atoms with Gasteiger partial charge in [0.25, 0.3) is 0 Å². The van der Waals surface area contributed by atoms with E-state index in [2.05, 4.69) is 5.32 Å². The van der Waals surface area contributed by atoms with Crippen LogP contribution in [0, 0.1) is 5.82 Å². The average molecular weight is 261 g/mol. The highest BCUT2D eigenvalue weighted by atomic mass is 19.1. The van der Waals surface area contributed by atoms with Crippen LogP contribution in [0.3, 0.4) is 0 Å². The van der Waals surface area contributed by atoms with Gasteiger partial charge in [-0.25, -0.2) is 4.39 Å². The largest absolute Gasteiger partial charge is 0.461 e. The number of hydrogen-bond donors (Lipinski definition) is 1. The van der Waals surface area contributed by atoms with Crippen molar-refractivity contribution in [2.75, 3.05) is 5.32 Å². The van der Waals surface area contributed by atoms with Crippen molar-refractivity contribution in [3.63, 3.8) is 0 Å². The molecule has 1 amide bonds. The van der Waals surface area contributed by atoms with Crippen LogP contribution in [0.15, 0.2) is 47.1 Å². The number of hydrogen-bond acceptors (Lipinski definition) is 3. The van der Waals surface area contributed by atoms with Crippen LogP contribution in [0.25, 0.3) is 0 Å². The molecule has 0 saturated carbocycles. The van der Waals surface area contributed by atoms with E-state index in [1.54, 1.807) is 12.1 Å². The molecule has 1 heterocycles. The second-order valence-corrected chi connectivity index (χ2v) is 3.96. The smallest absolute Gasteiger partial charge is 0.224 e. The fourth-order valence-electron chi connectivity index (χ4n) is 1.54. The molecule has 0 bridgehead atoms. The first kappa shape index (κ1) is 13.0. The summed E-state index contributed by atoms with van der Waals surface area (Å²) in [4.78, 5) is 23.2. The van der Waals surface area contributed by atoms with Crippen molar-refractivity contribution in [2.45, 2.75) is 12.8 Å². The Kier molecular flexibility index (Phi) is 4.07. The second kappa shape index (κ2) is 5.95. The van der Waals surface area contributed by atoms with Gasteiger partial charge >= 0.3 is 0 Å². The quantitative estimate of drug-likeness (QED) is 0.841. The summed E-state index contributed by atoms with van der Waals surface area (Å²) >= 11 is 0. The van der Waals surface area contributed by atoms with Gasteiger partial charge in [0.05, 0.1) is 6.26 Å². The molecule has 2 rings (SSSR count). The summed E-state index contributed by atoms with van der Waals surface area (Å²) in [6, 6.07) is 8.60. The van der Waals surface area contributed by atoms with E-state index in [0.717, 1.165) is 0 Å². The predicted octanol–water partition coefficient (Wildman–Crippen LogP) is 3.02. The highest BCUT2D eigenvalue weighted by molar-refractivity contribution is 5.98. The Morgan fingerprint density at radius 2 is 1.84 bits per heavy atom. The zero-order valence-corrected chi connectivity index (χ0v) is 10.1. The molecule has 1 aromatic heterocycles. The number of nitrogens with one attached hydrogen (secondary N) is 1. The van der Waals surface area contributed by atoms with Crippen LogP contribution in [-0.4, -0.2) is 11.7 Å². The fourth-order valence-corrected chi connectivity index (χ4v) is 1.54. The number of rotatable bonds is 5. The number of amides is 1. The topological polar surface area (TPSA) is 59.3 Å². The molecule has 0 saturated heterocycles. The van der Waals surface area contributed by atoms with Crippen LogP contribution in [-0.2, 0) is 4.79 Å². The van der Waals surface area contributed by atoms with Gasteiger partial charge in [-0.3, -0.25) is 9.59 Å². The second-order valence-electron chi connectivity index (χ2n) is 3.96. The van der Waals surface area contributed by atoms with Gasteiger partial charge in [0.2, 0.25) is 5.91 Å². The summed E-state index contributed by atoms with van der Waals surface area (Å²) in [5.74, 6) is -0.647. The standard InChI is InChI=1S/C14H12FNO3/c15-10-3-5-11(6-4-10)16-14(18)8-7-12(17)13-2-1-9-19-13/h1-6,9H,7-8H2,(H,16,18). The predicted molar refractivity (Wildman–Crippen MR) is 67.3 cm³/mol. The van der Waals surface area contributed by atoms with Gasteiger partial charge in [0.15, 0.2) is 11.5 Å². The number of anilines is 1. The number of carbonyl (C=O) groups is 2. The molecule has 4 nitrogen and oxygen atoms in total. The Morgan fingerprint density at radius 3 is 2.47 bits per heavy atom. The van der Waals surface area contributed by atoms with Gasteiger partial charge in [-0.2, -0.15) is 0 Å². The van der Waals surface area contributed by atoms with Crippen LogP contribution in [0.4, 0.5) is 10.1 Å². The van der Waals surface area contributed by atoms with Crippen molar-refractivity contribution in [1.82, 2.24) is 0 Å². The zero-order chi connectivity index (χ0) is 13.7. The number of benzene rings is 1. The molecule has 0 aliphatic heterocycles. The van der Waals surface area contributed by atoms with Gasteiger partial charge in [0.1, 0.15) is 5.82 Å². The molecular formula is C14H12FNO3. The van der Waals surface area contributed by atoms with E-state index in [1.165, 1.54) is 30.5 Å². The van der Waals surface area contributed by atoms with Crippen LogP contribution in [0.5, 0.6) is 0 Å². The molecule has 0 fully saturated rings. The SMILES string of the molecule is O=C(CCC(=O)c1ccco1)Nc1ccc(F)cc1. The molecular weight excluding hydrogens is 249 g/mol. The van der Waals surface area contributed by atoms with Crippen molar-refractivity contribution in [3.05, 3.63) is 54.2 Å². The van der Waals surface area contributed by atoms with Crippen molar-refractivity contribution in [1.29, 1.82) is 0 Å². The molecule has 0 radical (unpaired) electrons. The monoisotopic (exact) mass is 261 g/mol. The summed E-state index contributed by atoms with van der Waals surface area (Å²) in [7, 11) is 0. The molecule has 0 unspecified atom stereocenters. The van der Waals surface area contributed by atoms with E-state index in [-0.39, 0.29) is 36.1 Å². The van der Waals surface area contributed by atoms with E-state index in [1.807, 2.05) is 0 Å². The van der Waals surface area contributed by atoms with Gasteiger partial charge in [-0.05, 0) is 36.4 Å². The van der Waals surface area contributed by atoms with E-state index in [0.29, 0.717) is 5.69 Å². The molecule has 2 aromatic rings. The first-order chi connectivity index (χ1) is 9.15. The highest BCUT2D eigenvalue weighted by Gasteiger charge is 2.11. The molecule has 0 aliphatic carbocycles. The number of furan rings is 1. The molecule has 98 valence electrons. The van der Waals surface area contributed by atoms with Crippen molar-refractivity contribution in [2.24, 2.45) is 0 Å². The van der Waals surface area contributed by atoms with Crippen LogP contribution in [0.1, 0.15) is 23.4 Å². The third-order valence-electron chi connectivity index (χ3n) is 2.50. The van der Waals surface area contributed by atoms with E-state index < -0.39 is 0 Å². The van der Waals surface area contributed by atoms with Gasteiger partial charge in [-0.15, -0.1) is 0 Å². The first-order valence-electron chi connectivity index (χ1n) is 5.77. The van der Waals surface area contributed by atoms with Crippen molar-refractivity contribution >= 4 is 17.4 Å². The molecule has 1 aromatic carbocycles. The Bertz CT molecular complexity index is 561. The Labute approximate surface area is 109 Å². The average Bonchev–Trinajstić information content (AvgIpc) is 2.93. The lowest BCUT2D eigenvalue weighted by Crippen LogP contribution is -2.13. The van der Waals surface area contributed by atoms with Crippen molar-refractivity contribution < 1.29 is 18.4 Å². The third kappa shape index (κ3) is 3.77. The Morgan fingerprint density at radius 1 is 1.11 bits per heavy atom. The first-order valence-corrected chi connectivity index (χ1v) is 5.77. The van der Waals surface area contributed by atoms with E-state index in [9.17, 15) is 14.0 Å². The maximum absolute atomic E-state index is 12.7. The molecule has 0 atom stereocenters. The summed E-state index contributed by atoms with van der Waals surface area (Å²) < 4.78 is 17.6. The molecule has 0 aliphatic rings. The summed E-state index contributed by atoms with van der Waals surface area (Å²) in [5, 5.41) is 2.58. The van der Waals surface area contributed by atoms with Crippen LogP contribution in [0.2, 0.25) is 0 Å². The maximum Gasteiger partial charge on any atom is 0.224 e. The number of carbonyl (C=O) groups excluding carboxylic acids is 2. The minimum Gasteiger partial charge on any atom is -0.461 e. The van der Waals surface area contributed by atoms with Crippen molar-refractivity contribution in [3.8, 4) is 0 Å². The molecule has 19 heavy (non-hydrogen) atoms. The van der Waals surface area contributed by atoms with Crippen LogP contribution >= 0.6 is 0 Å². The highest BCUT2D eigenvalue weighted by Crippen LogP contribution is 2.10. The van der Waals surface area contributed by atoms with Gasteiger partial charge in [0, 0.05) is 18.5 Å². The normalized spacial score (nSPS) is 10.2. The fraction of sp³-hybridized carbons (Fsp3) is 0.143. The number of ketones is 1. The van der Waals surface area contributed by atoms with E-state index >= 15 is 0 Å². The minimum absolute atomic E-state index is 0.0525. The molecule has 1 N–H and O–H groups in total. The summed E-state index contributed by atoms with van der Waals surface area (Å²) in [6.07, 6.45) is 1.53. The van der Waals surface area contributed by atoms with Gasteiger partial charge < -0.3 is 9.73 Å². The van der Waals surface area contributed by atoms with Gasteiger partial charge in [-0.1, -0.05) is 0 Å². The molecule has 5 heteroatoms. The number of Topliss-reactive ketones (excluding diaryl/α,β-unsaturated/α-hetero) is 1. The third-order valence-corrected chi connectivity index (χ3v) is 2.50. The lowest BCUT2D eigenvalue weighted by molar-refractivity contribution is -0.116. The lowest BCUT2D eigenvalue weighted by Gasteiger charge is -2.04. The number of halogens is 1.